The highest BCUT2D eigenvalue weighted by molar-refractivity contribution is 7.90. The van der Waals surface area contributed by atoms with Crippen LogP contribution in [-0.2, 0) is 16.4 Å². The van der Waals surface area contributed by atoms with Crippen molar-refractivity contribution in [2.24, 2.45) is 5.92 Å². The number of pyridine rings is 1. The quantitative estimate of drug-likeness (QED) is 0.298. The Hall–Kier alpha value is -2.50. The smallest absolute Gasteiger partial charge is 0.225 e. The first-order valence-corrected chi connectivity index (χ1v) is 17.1. The maximum Gasteiger partial charge on any atom is 0.225 e. The molecule has 0 spiro atoms. The van der Waals surface area contributed by atoms with Crippen LogP contribution in [0.5, 0.6) is 11.6 Å². The molecule has 0 atom stereocenters. The summed E-state index contributed by atoms with van der Waals surface area (Å²) in [7, 11) is -2.93. The van der Waals surface area contributed by atoms with Gasteiger partial charge in [0.05, 0.1) is 23.8 Å². The molecule has 0 unspecified atom stereocenters. The number of rotatable bonds is 10. The van der Waals surface area contributed by atoms with Crippen LogP contribution in [0.2, 0.25) is 10.0 Å². The van der Waals surface area contributed by atoms with Crippen LogP contribution in [0.3, 0.4) is 0 Å². The van der Waals surface area contributed by atoms with Crippen LogP contribution in [0.1, 0.15) is 24.8 Å². The zero-order valence-electron chi connectivity index (χ0n) is 23.9. The monoisotopic (exact) mass is 631 g/mol. The van der Waals surface area contributed by atoms with Crippen molar-refractivity contribution < 1.29 is 13.2 Å². The maximum absolute atomic E-state index is 11.4. The number of hydrogen-bond donors (Lipinski definition) is 0. The fraction of sp³-hybridized carbons (Fsp3) is 0.467. The molecule has 1 aromatic carbocycles. The van der Waals surface area contributed by atoms with Crippen LogP contribution >= 0.6 is 23.2 Å². The third-order valence-corrected chi connectivity index (χ3v) is 9.08. The SMILES string of the molecule is [CH2]C1CCN(Cc2cc(Oc3cnc(N4CCN(CCCS(C)(=O)=O)CC4)nc3)nc(-c3cc(Cl)cc(Cl)c3)c2)CC1. The lowest BCUT2D eigenvalue weighted by molar-refractivity contribution is 0.194. The first-order valence-electron chi connectivity index (χ1n) is 14.3. The predicted molar refractivity (Wildman–Crippen MR) is 168 cm³/mol. The maximum atomic E-state index is 11.4. The topological polar surface area (TPSA) is 91.8 Å². The number of anilines is 1. The van der Waals surface area contributed by atoms with E-state index < -0.39 is 9.84 Å². The minimum absolute atomic E-state index is 0.221. The Balaban J connectivity index is 1.26. The van der Waals surface area contributed by atoms with Gasteiger partial charge in [0.25, 0.3) is 0 Å². The second-order valence-corrected chi connectivity index (χ2v) is 14.3. The third kappa shape index (κ3) is 9.00. The van der Waals surface area contributed by atoms with E-state index in [1.165, 1.54) is 6.26 Å². The van der Waals surface area contributed by atoms with Gasteiger partial charge in [0, 0.05) is 60.7 Å². The van der Waals surface area contributed by atoms with E-state index in [9.17, 15) is 8.42 Å². The fourth-order valence-electron chi connectivity index (χ4n) is 5.32. The minimum Gasteiger partial charge on any atom is -0.436 e. The molecule has 0 saturated carbocycles. The number of hydrogen-bond acceptors (Lipinski definition) is 9. The Morgan fingerprint density at radius 3 is 2.24 bits per heavy atom. The number of piperazine rings is 1. The fourth-order valence-corrected chi connectivity index (χ4v) is 6.50. The van der Waals surface area contributed by atoms with Crippen molar-refractivity contribution in [2.45, 2.75) is 25.8 Å². The van der Waals surface area contributed by atoms with Crippen LogP contribution in [0.25, 0.3) is 11.3 Å². The van der Waals surface area contributed by atoms with Gasteiger partial charge in [-0.15, -0.1) is 0 Å². The van der Waals surface area contributed by atoms with Crippen LogP contribution < -0.4 is 9.64 Å². The molecule has 0 aliphatic carbocycles. The average Bonchev–Trinajstić information content (AvgIpc) is 2.94. The number of nitrogens with zero attached hydrogens (tertiary/aromatic N) is 6. The molecule has 2 saturated heterocycles. The highest BCUT2D eigenvalue weighted by Gasteiger charge is 2.20. The number of likely N-dealkylation sites (tertiary alicyclic amines) is 1. The van der Waals surface area contributed by atoms with Gasteiger partial charge >= 0.3 is 0 Å². The van der Waals surface area contributed by atoms with Crippen LogP contribution in [0, 0.1) is 12.8 Å². The summed E-state index contributed by atoms with van der Waals surface area (Å²) in [5.41, 5.74) is 2.63. The van der Waals surface area contributed by atoms with Crippen molar-refractivity contribution in [3.05, 3.63) is 65.3 Å². The first kappa shape index (κ1) is 30.9. The number of piperidine rings is 1. The lowest BCUT2D eigenvalue weighted by atomic mass is 9.99. The molecule has 9 nitrogen and oxygen atoms in total. The van der Waals surface area contributed by atoms with Crippen molar-refractivity contribution in [3.63, 3.8) is 0 Å². The molecule has 0 N–H and O–H groups in total. The average molecular weight is 633 g/mol. The molecule has 4 heterocycles. The van der Waals surface area contributed by atoms with E-state index in [-0.39, 0.29) is 5.75 Å². The molecule has 0 amide bonds. The minimum atomic E-state index is -2.93. The third-order valence-electron chi connectivity index (χ3n) is 7.61. The van der Waals surface area contributed by atoms with E-state index in [2.05, 4.69) is 37.7 Å². The van der Waals surface area contributed by atoms with Crippen LogP contribution in [0.4, 0.5) is 5.95 Å². The van der Waals surface area contributed by atoms with Gasteiger partial charge in [-0.3, -0.25) is 9.80 Å². The summed E-state index contributed by atoms with van der Waals surface area (Å²) >= 11 is 12.6. The van der Waals surface area contributed by atoms with Gasteiger partial charge in [0.1, 0.15) is 9.84 Å². The van der Waals surface area contributed by atoms with E-state index in [0.717, 1.165) is 82.0 Å². The highest BCUT2D eigenvalue weighted by Crippen LogP contribution is 2.31. The van der Waals surface area contributed by atoms with E-state index in [1.54, 1.807) is 18.5 Å². The summed E-state index contributed by atoms with van der Waals surface area (Å²) in [5, 5.41) is 1.09. The van der Waals surface area contributed by atoms with E-state index in [1.807, 2.05) is 18.2 Å². The lowest BCUT2D eigenvalue weighted by Gasteiger charge is -2.34. The molecule has 42 heavy (non-hydrogen) atoms. The molecule has 3 aromatic rings. The number of aromatic nitrogens is 3. The number of benzene rings is 1. The molecule has 2 aromatic heterocycles. The Labute approximate surface area is 258 Å². The van der Waals surface area contributed by atoms with Gasteiger partial charge in [-0.25, -0.2) is 23.4 Å². The molecule has 5 rings (SSSR count). The molecule has 1 radical (unpaired) electrons. The second kappa shape index (κ2) is 13.9. The standard InChI is InChI=1S/C30H37Cl2N6O3S/c1-22-4-7-37(8-5-22)21-23-14-28(24-16-25(31)18-26(32)17-24)35-29(15-23)41-27-19-33-30(34-20-27)38-11-9-36(10-12-38)6-3-13-42(2,39)40/h14-20,22H,1,3-13,21H2,2H3. The van der Waals surface area contributed by atoms with Crippen molar-refractivity contribution in [1.29, 1.82) is 0 Å². The molecular formula is C30H37Cl2N6O3S. The van der Waals surface area contributed by atoms with Crippen molar-refractivity contribution in [3.8, 4) is 22.9 Å². The Morgan fingerprint density at radius 2 is 1.60 bits per heavy atom. The Morgan fingerprint density at radius 1 is 0.929 bits per heavy atom. The normalized spacial score (nSPS) is 17.5. The largest absolute Gasteiger partial charge is 0.436 e. The Kier molecular flexibility index (Phi) is 10.2. The number of sulfone groups is 1. The molecule has 2 fully saturated rings. The molecule has 0 bridgehead atoms. The Bertz CT molecular complexity index is 1440. The number of ether oxygens (including phenoxy) is 1. The molecule has 2 aliphatic heterocycles. The van der Waals surface area contributed by atoms with E-state index in [4.69, 9.17) is 32.9 Å². The van der Waals surface area contributed by atoms with Crippen molar-refractivity contribution in [2.75, 3.05) is 62.7 Å². The summed E-state index contributed by atoms with van der Waals surface area (Å²) in [4.78, 5) is 20.7. The van der Waals surface area contributed by atoms with Gasteiger partial charge in [-0.05, 0) is 74.6 Å². The van der Waals surface area contributed by atoms with Gasteiger partial charge in [0.2, 0.25) is 11.8 Å². The predicted octanol–water partition coefficient (Wildman–Crippen LogP) is 5.24. The summed E-state index contributed by atoms with van der Waals surface area (Å²) in [5.74, 6) is 2.32. The van der Waals surface area contributed by atoms with Crippen molar-refractivity contribution in [1.82, 2.24) is 24.8 Å². The molecule has 12 heteroatoms. The summed E-state index contributed by atoms with van der Waals surface area (Å²) in [6, 6.07) is 9.42. The second-order valence-electron chi connectivity index (χ2n) is 11.2. The van der Waals surface area contributed by atoms with Gasteiger partial charge in [-0.1, -0.05) is 30.1 Å². The van der Waals surface area contributed by atoms with Crippen LogP contribution in [0.15, 0.2) is 42.7 Å². The summed E-state index contributed by atoms with van der Waals surface area (Å²) in [6.07, 6.45) is 7.45. The molecular weight excluding hydrogens is 595 g/mol. The highest BCUT2D eigenvalue weighted by atomic mass is 35.5. The molecule has 2 aliphatic rings. The van der Waals surface area contributed by atoms with E-state index >= 15 is 0 Å². The van der Waals surface area contributed by atoms with Crippen LogP contribution in [-0.4, -0.2) is 91.0 Å². The van der Waals surface area contributed by atoms with E-state index in [0.29, 0.717) is 40.0 Å². The lowest BCUT2D eigenvalue weighted by Crippen LogP contribution is -2.47. The van der Waals surface area contributed by atoms with Gasteiger partial charge in [0.15, 0.2) is 5.75 Å². The van der Waals surface area contributed by atoms with Crippen molar-refractivity contribution >= 4 is 39.0 Å². The molecule has 225 valence electrons. The zero-order valence-corrected chi connectivity index (χ0v) is 26.2. The number of halogens is 2. The van der Waals surface area contributed by atoms with Gasteiger partial charge < -0.3 is 9.64 Å². The summed E-state index contributed by atoms with van der Waals surface area (Å²) in [6.45, 7) is 11.0. The zero-order chi connectivity index (χ0) is 29.7. The summed E-state index contributed by atoms with van der Waals surface area (Å²) < 4.78 is 29.0. The van der Waals surface area contributed by atoms with Gasteiger partial charge in [-0.2, -0.15) is 0 Å². The first-order chi connectivity index (χ1) is 20.1.